The number of primary amides is 1. The summed E-state index contributed by atoms with van der Waals surface area (Å²) in [4.78, 5) is 32.2. The van der Waals surface area contributed by atoms with Crippen LogP contribution in [0.25, 0.3) is 0 Å². The summed E-state index contributed by atoms with van der Waals surface area (Å²) in [6.45, 7) is 2.66. The lowest BCUT2D eigenvalue weighted by Crippen LogP contribution is -2.57. The van der Waals surface area contributed by atoms with E-state index < -0.39 is 5.91 Å². The number of nitrogens with zero attached hydrogens (tertiary/aromatic N) is 3. The number of benzene rings is 2. The Labute approximate surface area is 201 Å². The number of hydrogen-bond donors (Lipinski definition) is 1. The largest absolute Gasteiger partial charge is 0.381 e. The zero-order chi connectivity index (χ0) is 23.9. The van der Waals surface area contributed by atoms with Crippen LogP contribution >= 0.6 is 0 Å². The van der Waals surface area contributed by atoms with Gasteiger partial charge in [-0.05, 0) is 57.5 Å². The van der Waals surface area contributed by atoms with Crippen LogP contribution in [0.5, 0.6) is 0 Å². The number of urea groups is 1. The number of carbonyl (C=O) groups is 2. The summed E-state index contributed by atoms with van der Waals surface area (Å²) in [6, 6.07) is 17.9. The van der Waals surface area contributed by atoms with Crippen LogP contribution < -0.4 is 10.6 Å². The molecular weight excluding hydrogens is 428 g/mol. The van der Waals surface area contributed by atoms with Crippen molar-refractivity contribution in [2.24, 2.45) is 11.7 Å². The summed E-state index contributed by atoms with van der Waals surface area (Å²) < 4.78 is 5.42. The van der Waals surface area contributed by atoms with Crippen molar-refractivity contribution >= 4 is 17.6 Å². The van der Waals surface area contributed by atoms with Crippen molar-refractivity contribution in [1.29, 1.82) is 0 Å². The molecule has 3 fully saturated rings. The maximum atomic E-state index is 13.8. The fourth-order valence-corrected chi connectivity index (χ4v) is 6.12. The molecule has 180 valence electrons. The highest BCUT2D eigenvalue weighted by Gasteiger charge is 2.55. The first kappa shape index (κ1) is 22.9. The van der Waals surface area contributed by atoms with Crippen LogP contribution in [0.15, 0.2) is 54.6 Å². The van der Waals surface area contributed by atoms with Gasteiger partial charge >= 0.3 is 6.03 Å². The lowest BCUT2D eigenvalue weighted by atomic mass is 9.68. The highest BCUT2D eigenvalue weighted by molar-refractivity contribution is 6.05. The lowest BCUT2D eigenvalue weighted by Gasteiger charge is -2.51. The summed E-state index contributed by atoms with van der Waals surface area (Å²) in [7, 11) is 4.31. The predicted molar refractivity (Wildman–Crippen MR) is 132 cm³/mol. The minimum atomic E-state index is -0.511. The number of hydrogen-bond acceptors (Lipinski definition) is 4. The van der Waals surface area contributed by atoms with Crippen molar-refractivity contribution in [2.75, 3.05) is 45.3 Å². The van der Waals surface area contributed by atoms with Crippen LogP contribution in [0.2, 0.25) is 0 Å². The molecule has 34 heavy (non-hydrogen) atoms. The molecule has 7 nitrogen and oxygen atoms in total. The summed E-state index contributed by atoms with van der Waals surface area (Å²) >= 11 is 0. The van der Waals surface area contributed by atoms with Gasteiger partial charge in [0.25, 0.3) is 5.91 Å². The molecule has 2 aliphatic heterocycles. The van der Waals surface area contributed by atoms with Gasteiger partial charge in [-0.2, -0.15) is 0 Å². The number of ether oxygens (including phenoxy) is 1. The van der Waals surface area contributed by atoms with E-state index in [1.807, 2.05) is 12.1 Å². The molecule has 7 heteroatoms. The van der Waals surface area contributed by atoms with E-state index in [2.05, 4.69) is 54.2 Å². The maximum Gasteiger partial charge on any atom is 0.325 e. The molecule has 0 atom stereocenters. The first-order valence-corrected chi connectivity index (χ1v) is 12.1. The molecule has 1 saturated carbocycles. The Morgan fingerprint density at radius 1 is 1.03 bits per heavy atom. The molecule has 1 aliphatic carbocycles. The number of amides is 3. The average molecular weight is 463 g/mol. The minimum absolute atomic E-state index is 0.0299. The second-order valence-corrected chi connectivity index (χ2v) is 10.3. The molecular formula is C27H34N4O3. The number of rotatable bonds is 6. The third-order valence-electron chi connectivity index (χ3n) is 8.27. The molecule has 0 unspecified atom stereocenters. The molecule has 2 N–H and O–H groups in total. The molecule has 5 rings (SSSR count). The van der Waals surface area contributed by atoms with Gasteiger partial charge in [0, 0.05) is 18.0 Å². The number of nitrogens with two attached hydrogens (primary N) is 1. The normalized spacial score (nSPS) is 27.4. The van der Waals surface area contributed by atoms with Gasteiger partial charge in [0.15, 0.2) is 0 Å². The van der Waals surface area contributed by atoms with E-state index in [4.69, 9.17) is 10.5 Å². The molecule has 0 aromatic heterocycles. The Kier molecular flexibility index (Phi) is 5.86. The molecule has 2 aromatic carbocycles. The summed E-state index contributed by atoms with van der Waals surface area (Å²) in [5.41, 5.74) is 7.67. The van der Waals surface area contributed by atoms with Crippen molar-refractivity contribution in [3.8, 4) is 0 Å². The Morgan fingerprint density at radius 3 is 2.26 bits per heavy atom. The molecule has 3 aliphatic rings. The van der Waals surface area contributed by atoms with Gasteiger partial charge in [-0.1, -0.05) is 42.5 Å². The number of para-hydroxylation sites is 1. The van der Waals surface area contributed by atoms with Gasteiger partial charge in [-0.3, -0.25) is 14.6 Å². The first-order valence-electron chi connectivity index (χ1n) is 12.1. The molecule has 2 saturated heterocycles. The van der Waals surface area contributed by atoms with Crippen molar-refractivity contribution < 1.29 is 14.3 Å². The van der Waals surface area contributed by atoms with Crippen LogP contribution in [0.1, 0.15) is 41.6 Å². The van der Waals surface area contributed by atoms with Gasteiger partial charge in [0.1, 0.15) is 0 Å². The highest BCUT2D eigenvalue weighted by Crippen LogP contribution is 2.50. The zero-order valence-electron chi connectivity index (χ0n) is 20.1. The number of carbonyl (C=O) groups excluding carboxylic acids is 2. The third-order valence-corrected chi connectivity index (χ3v) is 8.27. The summed E-state index contributed by atoms with van der Waals surface area (Å²) in [5, 5.41) is 0. The number of anilines is 1. The molecule has 2 heterocycles. The first-order chi connectivity index (χ1) is 16.4. The smallest absolute Gasteiger partial charge is 0.325 e. The van der Waals surface area contributed by atoms with E-state index in [1.54, 1.807) is 17.0 Å². The van der Waals surface area contributed by atoms with Crippen LogP contribution in [0.4, 0.5) is 10.5 Å². The van der Waals surface area contributed by atoms with E-state index >= 15 is 0 Å². The van der Waals surface area contributed by atoms with Gasteiger partial charge < -0.3 is 15.4 Å². The minimum Gasteiger partial charge on any atom is -0.381 e. The predicted octanol–water partition coefficient (Wildman–Crippen LogP) is 3.44. The highest BCUT2D eigenvalue weighted by atomic mass is 16.5. The summed E-state index contributed by atoms with van der Waals surface area (Å²) in [5.74, 6) is -0.149. The SMILES string of the molecule is CN(C)[C@]1(c2ccccc2)CC[C@]2(CC1)CN(c1ccccc1C(N)=O)C(=O)N2CC1COC1. The monoisotopic (exact) mass is 462 g/mol. The summed E-state index contributed by atoms with van der Waals surface area (Å²) in [6.07, 6.45) is 3.71. The van der Waals surface area contributed by atoms with E-state index in [-0.39, 0.29) is 17.1 Å². The van der Waals surface area contributed by atoms with Crippen LogP contribution in [-0.2, 0) is 10.3 Å². The van der Waals surface area contributed by atoms with Crippen LogP contribution in [-0.4, -0.2) is 67.7 Å². The second-order valence-electron chi connectivity index (χ2n) is 10.3. The third kappa shape index (κ3) is 3.67. The fourth-order valence-electron chi connectivity index (χ4n) is 6.12. The van der Waals surface area contributed by atoms with Gasteiger partial charge in [-0.15, -0.1) is 0 Å². The van der Waals surface area contributed by atoms with Crippen molar-refractivity contribution in [3.05, 3.63) is 65.7 Å². The topological polar surface area (TPSA) is 79.1 Å². The van der Waals surface area contributed by atoms with Gasteiger partial charge in [-0.25, -0.2) is 4.79 Å². The average Bonchev–Trinajstić information content (AvgIpc) is 3.08. The Hall–Kier alpha value is -2.90. The Morgan fingerprint density at radius 2 is 1.68 bits per heavy atom. The lowest BCUT2D eigenvalue weighted by molar-refractivity contribution is -0.0569. The maximum absolute atomic E-state index is 13.8. The second kappa shape index (κ2) is 8.71. The Balaban J connectivity index is 1.48. The molecule has 0 bridgehead atoms. The molecule has 0 radical (unpaired) electrons. The van der Waals surface area contributed by atoms with Crippen molar-refractivity contribution in [1.82, 2.24) is 9.80 Å². The van der Waals surface area contributed by atoms with E-state index in [9.17, 15) is 9.59 Å². The van der Waals surface area contributed by atoms with Crippen LogP contribution in [0.3, 0.4) is 0 Å². The van der Waals surface area contributed by atoms with Crippen LogP contribution in [0, 0.1) is 5.92 Å². The van der Waals surface area contributed by atoms with Crippen molar-refractivity contribution in [2.45, 2.75) is 36.8 Å². The quantitative estimate of drug-likeness (QED) is 0.713. The van der Waals surface area contributed by atoms with Crippen molar-refractivity contribution in [3.63, 3.8) is 0 Å². The van der Waals surface area contributed by atoms with E-state index in [0.29, 0.717) is 43.5 Å². The molecule has 2 aromatic rings. The van der Waals surface area contributed by atoms with E-state index in [0.717, 1.165) is 25.7 Å². The van der Waals surface area contributed by atoms with Gasteiger partial charge in [0.2, 0.25) is 0 Å². The zero-order valence-corrected chi connectivity index (χ0v) is 20.1. The Bertz CT molecular complexity index is 1060. The standard InChI is InChI=1S/C27H34N4O3/c1-29(2)27(21-8-4-3-5-9-21)14-12-26(13-15-27)19-30(23-11-7-6-10-22(23)24(28)32)25(33)31(26)16-20-17-34-18-20/h3-11,20H,12-19H2,1-2H3,(H2,28,32)/t26-,27+. The fraction of sp³-hybridized carbons (Fsp3) is 0.481. The van der Waals surface area contributed by atoms with Gasteiger partial charge in [0.05, 0.1) is 36.5 Å². The molecule has 1 spiro atoms. The van der Waals surface area contributed by atoms with E-state index in [1.165, 1.54) is 5.56 Å². The molecule has 3 amide bonds.